The first-order valence-corrected chi connectivity index (χ1v) is 11.4. The van der Waals surface area contributed by atoms with Gasteiger partial charge in [0.1, 0.15) is 6.04 Å². The van der Waals surface area contributed by atoms with Crippen LogP contribution >= 0.6 is 23.2 Å². The first-order chi connectivity index (χ1) is 12.9. The fourth-order valence-electron chi connectivity index (χ4n) is 3.00. The lowest BCUT2D eigenvalue weighted by molar-refractivity contribution is -0.116. The van der Waals surface area contributed by atoms with Gasteiger partial charge in [-0.3, -0.25) is 9.10 Å². The highest BCUT2D eigenvalue weighted by Crippen LogP contribution is 2.31. The molecule has 0 heterocycles. The molecular formula is C20H24Cl2N2O3S. The van der Waals surface area contributed by atoms with E-state index in [1.54, 1.807) is 0 Å². The lowest BCUT2D eigenvalue weighted by atomic mass is 9.98. The SMILES string of the molecule is Cc1cccc(C(C)C)c1NC(=O)[C@@H](C)N(c1ccc(Cl)c(Cl)c1)S(C)(=O)=O. The first kappa shape index (κ1) is 22.5. The third-order valence-corrected chi connectivity index (χ3v) is 6.40. The Hall–Kier alpha value is -1.76. The smallest absolute Gasteiger partial charge is 0.248 e. The molecule has 0 saturated carbocycles. The van der Waals surface area contributed by atoms with Crippen LogP contribution in [0.2, 0.25) is 10.0 Å². The Bertz CT molecular complexity index is 991. The summed E-state index contributed by atoms with van der Waals surface area (Å²) in [7, 11) is -3.75. The van der Waals surface area contributed by atoms with Crippen molar-refractivity contribution in [3.8, 4) is 0 Å². The average Bonchev–Trinajstić information content (AvgIpc) is 2.58. The van der Waals surface area contributed by atoms with Crippen LogP contribution in [0.15, 0.2) is 36.4 Å². The molecule has 0 aliphatic carbocycles. The van der Waals surface area contributed by atoms with Gasteiger partial charge >= 0.3 is 0 Å². The molecule has 0 radical (unpaired) electrons. The van der Waals surface area contributed by atoms with Gasteiger partial charge in [0.25, 0.3) is 0 Å². The Morgan fingerprint density at radius 3 is 2.25 bits per heavy atom. The maximum atomic E-state index is 13.0. The Balaban J connectivity index is 2.42. The summed E-state index contributed by atoms with van der Waals surface area (Å²) in [4.78, 5) is 13.0. The van der Waals surface area contributed by atoms with Crippen molar-refractivity contribution >= 4 is 50.5 Å². The number of anilines is 2. The van der Waals surface area contributed by atoms with E-state index in [1.165, 1.54) is 25.1 Å². The third kappa shape index (κ3) is 4.99. The van der Waals surface area contributed by atoms with Crippen molar-refractivity contribution in [2.75, 3.05) is 15.9 Å². The Kier molecular flexibility index (Phi) is 7.02. The van der Waals surface area contributed by atoms with Crippen molar-refractivity contribution in [3.63, 3.8) is 0 Å². The second kappa shape index (κ2) is 8.72. The molecule has 2 aromatic rings. The molecule has 0 fully saturated rings. The number of carbonyl (C=O) groups is 1. The molecule has 0 bridgehead atoms. The van der Waals surface area contributed by atoms with Crippen LogP contribution in [0.25, 0.3) is 0 Å². The lowest BCUT2D eigenvalue weighted by Gasteiger charge is -2.29. The van der Waals surface area contributed by atoms with Gasteiger partial charge in [0.05, 0.1) is 22.0 Å². The van der Waals surface area contributed by atoms with E-state index in [0.29, 0.717) is 10.7 Å². The van der Waals surface area contributed by atoms with E-state index in [4.69, 9.17) is 23.2 Å². The third-order valence-electron chi connectivity index (χ3n) is 4.42. The molecule has 1 atom stereocenters. The molecule has 0 aliphatic rings. The number of hydrogen-bond donors (Lipinski definition) is 1. The van der Waals surface area contributed by atoms with Crippen LogP contribution in [-0.4, -0.2) is 26.6 Å². The monoisotopic (exact) mass is 442 g/mol. The first-order valence-electron chi connectivity index (χ1n) is 8.78. The molecule has 0 aliphatic heterocycles. The molecule has 0 aromatic heterocycles. The van der Waals surface area contributed by atoms with Crippen LogP contribution in [0.5, 0.6) is 0 Å². The minimum absolute atomic E-state index is 0.201. The summed E-state index contributed by atoms with van der Waals surface area (Å²) in [5.41, 5.74) is 2.87. The average molecular weight is 443 g/mol. The summed E-state index contributed by atoms with van der Waals surface area (Å²) in [5.74, 6) is -0.237. The highest BCUT2D eigenvalue weighted by Gasteiger charge is 2.30. The predicted molar refractivity (Wildman–Crippen MR) is 117 cm³/mol. The van der Waals surface area contributed by atoms with Crippen LogP contribution < -0.4 is 9.62 Å². The molecule has 0 unspecified atom stereocenters. The van der Waals surface area contributed by atoms with Crippen molar-refractivity contribution in [2.45, 2.75) is 39.7 Å². The number of sulfonamides is 1. The van der Waals surface area contributed by atoms with E-state index in [9.17, 15) is 13.2 Å². The van der Waals surface area contributed by atoms with E-state index in [2.05, 4.69) is 5.32 Å². The summed E-state index contributed by atoms with van der Waals surface area (Å²) >= 11 is 12.0. The molecule has 152 valence electrons. The van der Waals surface area contributed by atoms with Gasteiger partial charge in [0, 0.05) is 5.69 Å². The minimum Gasteiger partial charge on any atom is -0.324 e. The summed E-state index contributed by atoms with van der Waals surface area (Å²) < 4.78 is 25.9. The molecule has 2 aromatic carbocycles. The summed E-state index contributed by atoms with van der Waals surface area (Å²) in [5, 5.41) is 3.42. The Labute approximate surface area is 176 Å². The molecule has 1 amide bonds. The Morgan fingerprint density at radius 2 is 1.71 bits per heavy atom. The number of rotatable bonds is 6. The largest absolute Gasteiger partial charge is 0.324 e. The zero-order chi connectivity index (χ0) is 21.2. The van der Waals surface area contributed by atoms with Gasteiger partial charge < -0.3 is 5.32 Å². The number of amides is 1. The molecule has 8 heteroatoms. The number of nitrogens with one attached hydrogen (secondary N) is 1. The van der Waals surface area contributed by atoms with Crippen molar-refractivity contribution in [1.82, 2.24) is 0 Å². The zero-order valence-electron chi connectivity index (χ0n) is 16.5. The number of para-hydroxylation sites is 1. The van der Waals surface area contributed by atoms with Crippen LogP contribution in [0, 0.1) is 6.92 Å². The minimum atomic E-state index is -3.75. The van der Waals surface area contributed by atoms with Crippen LogP contribution in [0.3, 0.4) is 0 Å². The highest BCUT2D eigenvalue weighted by molar-refractivity contribution is 7.92. The zero-order valence-corrected chi connectivity index (χ0v) is 18.8. The highest BCUT2D eigenvalue weighted by atomic mass is 35.5. The molecule has 2 rings (SSSR count). The Morgan fingerprint density at radius 1 is 1.07 bits per heavy atom. The number of benzene rings is 2. The van der Waals surface area contributed by atoms with Crippen LogP contribution in [0.4, 0.5) is 11.4 Å². The van der Waals surface area contributed by atoms with Crippen molar-refractivity contribution in [1.29, 1.82) is 0 Å². The summed E-state index contributed by atoms with van der Waals surface area (Å²) in [6.07, 6.45) is 1.05. The summed E-state index contributed by atoms with van der Waals surface area (Å²) in [6.45, 7) is 7.50. The fourth-order valence-corrected chi connectivity index (χ4v) is 4.46. The fraction of sp³-hybridized carbons (Fsp3) is 0.350. The molecule has 0 spiro atoms. The number of nitrogens with zero attached hydrogens (tertiary/aromatic N) is 1. The summed E-state index contributed by atoms with van der Waals surface area (Å²) in [6, 6.07) is 9.24. The van der Waals surface area contributed by atoms with E-state index >= 15 is 0 Å². The van der Waals surface area contributed by atoms with Crippen molar-refractivity contribution in [3.05, 3.63) is 57.6 Å². The van der Waals surface area contributed by atoms with E-state index in [0.717, 1.165) is 21.7 Å². The van der Waals surface area contributed by atoms with E-state index in [1.807, 2.05) is 39.0 Å². The lowest BCUT2D eigenvalue weighted by Crippen LogP contribution is -2.45. The van der Waals surface area contributed by atoms with Crippen molar-refractivity contribution < 1.29 is 13.2 Å². The van der Waals surface area contributed by atoms with Gasteiger partial charge in [-0.1, -0.05) is 55.2 Å². The van der Waals surface area contributed by atoms with Gasteiger partial charge in [0.15, 0.2) is 0 Å². The molecule has 0 saturated heterocycles. The maximum absolute atomic E-state index is 13.0. The normalized spacial score (nSPS) is 12.7. The van der Waals surface area contributed by atoms with Gasteiger partial charge in [-0.25, -0.2) is 8.42 Å². The molecule has 1 N–H and O–H groups in total. The number of aryl methyl sites for hydroxylation is 1. The van der Waals surface area contributed by atoms with Gasteiger partial charge in [-0.15, -0.1) is 0 Å². The van der Waals surface area contributed by atoms with Crippen LogP contribution in [0.1, 0.15) is 37.8 Å². The van der Waals surface area contributed by atoms with Crippen LogP contribution in [-0.2, 0) is 14.8 Å². The van der Waals surface area contributed by atoms with Gasteiger partial charge in [-0.2, -0.15) is 0 Å². The maximum Gasteiger partial charge on any atom is 0.248 e. The molecule has 5 nitrogen and oxygen atoms in total. The quantitative estimate of drug-likeness (QED) is 0.666. The predicted octanol–water partition coefficient (Wildman–Crippen LogP) is 5.22. The molecular weight excluding hydrogens is 419 g/mol. The topological polar surface area (TPSA) is 66.5 Å². The molecule has 28 heavy (non-hydrogen) atoms. The second-order valence-corrected chi connectivity index (χ2v) is 9.69. The number of hydrogen-bond acceptors (Lipinski definition) is 3. The number of carbonyl (C=O) groups excluding carboxylic acids is 1. The van der Waals surface area contributed by atoms with E-state index in [-0.39, 0.29) is 16.6 Å². The van der Waals surface area contributed by atoms with Gasteiger partial charge in [0.2, 0.25) is 15.9 Å². The van der Waals surface area contributed by atoms with Crippen molar-refractivity contribution in [2.24, 2.45) is 0 Å². The number of halogens is 2. The van der Waals surface area contributed by atoms with E-state index < -0.39 is 22.0 Å². The second-order valence-electron chi connectivity index (χ2n) is 7.02. The van der Waals surface area contributed by atoms with Gasteiger partial charge in [-0.05, 0) is 49.1 Å². The standard InChI is InChI=1S/C20H24Cl2N2O3S/c1-12(2)16-8-6-7-13(3)19(16)23-20(25)14(4)24(28(5,26)27)15-9-10-17(21)18(22)11-15/h6-12,14H,1-5H3,(H,23,25)/t14-/m1/s1.